The second-order valence-corrected chi connectivity index (χ2v) is 10.3. The van der Waals surface area contributed by atoms with Crippen LogP contribution in [0.5, 0.6) is 5.75 Å². The summed E-state index contributed by atoms with van der Waals surface area (Å²) in [5, 5.41) is 3.09. The molecule has 192 valence electrons. The quantitative estimate of drug-likeness (QED) is 0.420. The first-order valence-electron chi connectivity index (χ1n) is 12.7. The molecular weight excluding hydrogens is 494 g/mol. The first kappa shape index (κ1) is 22.1. The van der Waals surface area contributed by atoms with E-state index in [0.29, 0.717) is 34.6 Å². The molecule has 2 aromatic carbocycles. The van der Waals surface area contributed by atoms with E-state index in [4.69, 9.17) is 19.5 Å². The Balaban J connectivity index is 1.38. The molecule has 1 amide bonds. The molecule has 4 aromatic rings. The molecule has 8 rings (SSSR count). The van der Waals surface area contributed by atoms with E-state index in [0.717, 1.165) is 36.1 Å². The Kier molecular flexibility index (Phi) is 4.52. The van der Waals surface area contributed by atoms with Crippen LogP contribution in [0.4, 0.5) is 8.78 Å². The molecule has 4 bridgehead atoms. The van der Waals surface area contributed by atoms with Gasteiger partial charge in [0, 0.05) is 35.3 Å². The lowest BCUT2D eigenvalue weighted by molar-refractivity contribution is -0.0881. The fourth-order valence-corrected chi connectivity index (χ4v) is 6.64. The SMILES string of the molecule is O=C1NC2CC(c3c1ccc(OC(F)F)c3-c1ccnc([C@]34CC[C@@H](C3)NO4)n1)n1c2nc2ccccc21. The van der Waals surface area contributed by atoms with Gasteiger partial charge in [0.15, 0.2) is 11.4 Å². The molecule has 1 aliphatic carbocycles. The van der Waals surface area contributed by atoms with Crippen LogP contribution < -0.4 is 15.5 Å². The zero-order valence-corrected chi connectivity index (χ0v) is 20.0. The van der Waals surface area contributed by atoms with Crippen LogP contribution in [-0.2, 0) is 10.4 Å². The van der Waals surface area contributed by atoms with Gasteiger partial charge in [0.2, 0.25) is 0 Å². The molecule has 4 aliphatic rings. The molecule has 2 fully saturated rings. The number of para-hydroxylation sites is 2. The number of ether oxygens (including phenoxy) is 1. The highest BCUT2D eigenvalue weighted by Crippen LogP contribution is 2.50. The smallest absolute Gasteiger partial charge is 0.387 e. The van der Waals surface area contributed by atoms with Crippen molar-refractivity contribution in [3.05, 3.63) is 71.4 Å². The summed E-state index contributed by atoms with van der Waals surface area (Å²) >= 11 is 0. The number of alkyl halides is 2. The number of hydrogen-bond donors (Lipinski definition) is 2. The Bertz CT molecular complexity index is 1630. The first-order valence-corrected chi connectivity index (χ1v) is 12.7. The van der Waals surface area contributed by atoms with Gasteiger partial charge in [0.25, 0.3) is 5.91 Å². The fraction of sp³-hybridized carbons (Fsp3) is 0.333. The summed E-state index contributed by atoms with van der Waals surface area (Å²) in [6, 6.07) is 12.0. The highest BCUT2D eigenvalue weighted by molar-refractivity contribution is 6.00. The van der Waals surface area contributed by atoms with Crippen molar-refractivity contribution in [2.24, 2.45) is 0 Å². The van der Waals surface area contributed by atoms with E-state index < -0.39 is 12.2 Å². The number of hydroxylamine groups is 1. The molecule has 0 radical (unpaired) electrons. The summed E-state index contributed by atoms with van der Waals surface area (Å²) in [5.74, 6) is 0.899. The number of nitrogens with zero attached hydrogens (tertiary/aromatic N) is 4. The van der Waals surface area contributed by atoms with Crippen LogP contribution in [-0.4, -0.2) is 38.1 Å². The predicted octanol–water partition coefficient (Wildman–Crippen LogP) is 4.15. The van der Waals surface area contributed by atoms with Crippen molar-refractivity contribution in [3.8, 4) is 17.0 Å². The lowest BCUT2D eigenvalue weighted by Gasteiger charge is -2.26. The number of benzene rings is 2. The monoisotopic (exact) mass is 516 g/mol. The lowest BCUT2D eigenvalue weighted by Crippen LogP contribution is -2.31. The number of aromatic nitrogens is 4. The van der Waals surface area contributed by atoms with E-state index in [-0.39, 0.29) is 29.8 Å². The molecule has 11 heteroatoms. The topological polar surface area (TPSA) is 103 Å². The maximum absolute atomic E-state index is 13.7. The van der Waals surface area contributed by atoms with E-state index in [1.54, 1.807) is 18.3 Å². The maximum Gasteiger partial charge on any atom is 0.387 e. The summed E-state index contributed by atoms with van der Waals surface area (Å²) in [5.41, 5.74) is 5.83. The summed E-state index contributed by atoms with van der Waals surface area (Å²) in [6.07, 6.45) is 4.58. The van der Waals surface area contributed by atoms with Gasteiger partial charge in [-0.1, -0.05) is 12.1 Å². The van der Waals surface area contributed by atoms with Crippen LogP contribution in [0.1, 0.15) is 65.3 Å². The minimum atomic E-state index is -3.05. The summed E-state index contributed by atoms with van der Waals surface area (Å²) in [6.45, 7) is -3.05. The van der Waals surface area contributed by atoms with Gasteiger partial charge < -0.3 is 14.6 Å². The van der Waals surface area contributed by atoms with Crippen molar-refractivity contribution in [1.82, 2.24) is 30.3 Å². The Labute approximate surface area is 215 Å². The van der Waals surface area contributed by atoms with Crippen LogP contribution in [0.15, 0.2) is 48.7 Å². The number of imidazole rings is 1. The highest BCUT2D eigenvalue weighted by Gasteiger charge is 2.50. The van der Waals surface area contributed by atoms with E-state index in [1.807, 2.05) is 24.3 Å². The van der Waals surface area contributed by atoms with E-state index in [9.17, 15) is 13.6 Å². The minimum Gasteiger partial charge on any atom is -0.434 e. The highest BCUT2D eigenvalue weighted by atomic mass is 19.3. The zero-order chi connectivity index (χ0) is 25.6. The van der Waals surface area contributed by atoms with Gasteiger partial charge in [-0.15, -0.1) is 0 Å². The Hall–Kier alpha value is -3.96. The van der Waals surface area contributed by atoms with Crippen molar-refractivity contribution < 1.29 is 23.1 Å². The molecule has 2 N–H and O–H groups in total. The standard InChI is InChI=1S/C27H22F2N6O3/c28-26(29)37-20-6-5-14-21(22(20)16-8-10-30-25(33-16)27-9-7-13(12-27)34-38-27)19-11-17(32-24(14)36)23-31-15-3-1-2-4-18(15)35(19)23/h1-6,8,10,13,17,19,26,34H,7,9,11-12H2,(H,32,36)/t13-,17?,19?,27-/m0/s1. The second kappa shape index (κ2) is 7.78. The van der Waals surface area contributed by atoms with E-state index in [2.05, 4.69) is 20.3 Å². The molecule has 1 saturated heterocycles. The van der Waals surface area contributed by atoms with Gasteiger partial charge >= 0.3 is 6.61 Å². The van der Waals surface area contributed by atoms with Gasteiger partial charge in [0.05, 0.1) is 28.8 Å². The Morgan fingerprint density at radius 1 is 1.16 bits per heavy atom. The van der Waals surface area contributed by atoms with Gasteiger partial charge in [-0.2, -0.15) is 14.3 Å². The molecule has 3 aliphatic heterocycles. The van der Waals surface area contributed by atoms with Crippen molar-refractivity contribution in [1.29, 1.82) is 0 Å². The van der Waals surface area contributed by atoms with Crippen molar-refractivity contribution >= 4 is 16.9 Å². The third kappa shape index (κ3) is 3.02. The number of amides is 1. The van der Waals surface area contributed by atoms with Crippen LogP contribution in [0.25, 0.3) is 22.3 Å². The molecule has 4 atom stereocenters. The molecule has 1 saturated carbocycles. The van der Waals surface area contributed by atoms with Crippen LogP contribution in [0.3, 0.4) is 0 Å². The fourth-order valence-electron chi connectivity index (χ4n) is 6.64. The average Bonchev–Trinajstić information content (AvgIpc) is 3.68. The molecule has 2 unspecified atom stereocenters. The number of carbonyl (C=O) groups is 1. The normalized spacial score (nSPS) is 26.9. The van der Waals surface area contributed by atoms with Crippen LogP contribution >= 0.6 is 0 Å². The van der Waals surface area contributed by atoms with Gasteiger partial charge in [-0.3, -0.25) is 9.63 Å². The zero-order valence-electron chi connectivity index (χ0n) is 20.0. The van der Waals surface area contributed by atoms with Crippen molar-refractivity contribution in [2.45, 2.75) is 56.0 Å². The molecule has 9 nitrogen and oxygen atoms in total. The third-order valence-corrected chi connectivity index (χ3v) is 8.22. The molecule has 0 spiro atoms. The third-order valence-electron chi connectivity index (χ3n) is 8.22. The predicted molar refractivity (Wildman–Crippen MR) is 130 cm³/mol. The van der Waals surface area contributed by atoms with Crippen LogP contribution in [0.2, 0.25) is 0 Å². The largest absolute Gasteiger partial charge is 0.434 e. The summed E-state index contributed by atoms with van der Waals surface area (Å²) < 4.78 is 34.5. The van der Waals surface area contributed by atoms with Gasteiger partial charge in [-0.25, -0.2) is 15.0 Å². The number of carbonyl (C=O) groups excluding carboxylic acids is 1. The minimum absolute atomic E-state index is 0.0419. The molecule has 2 aromatic heterocycles. The van der Waals surface area contributed by atoms with Crippen molar-refractivity contribution in [2.75, 3.05) is 0 Å². The van der Waals surface area contributed by atoms with Gasteiger partial charge in [-0.05, 0) is 49.6 Å². The number of fused-ring (bicyclic) bond motifs is 11. The number of halogens is 2. The van der Waals surface area contributed by atoms with Crippen molar-refractivity contribution in [3.63, 3.8) is 0 Å². The molecule has 5 heterocycles. The van der Waals surface area contributed by atoms with Crippen LogP contribution in [0, 0.1) is 0 Å². The summed E-state index contributed by atoms with van der Waals surface area (Å²) in [4.78, 5) is 33.5. The first-order chi connectivity index (χ1) is 18.5. The molecule has 38 heavy (non-hydrogen) atoms. The van der Waals surface area contributed by atoms with Gasteiger partial charge in [0.1, 0.15) is 11.6 Å². The number of hydrogen-bond acceptors (Lipinski definition) is 7. The average molecular weight is 517 g/mol. The lowest BCUT2D eigenvalue weighted by atomic mass is 9.90. The Morgan fingerprint density at radius 3 is 2.84 bits per heavy atom. The second-order valence-electron chi connectivity index (χ2n) is 10.3. The van der Waals surface area contributed by atoms with E-state index >= 15 is 0 Å². The Morgan fingerprint density at radius 2 is 2.05 bits per heavy atom. The van der Waals surface area contributed by atoms with E-state index in [1.165, 1.54) is 6.07 Å². The summed E-state index contributed by atoms with van der Waals surface area (Å²) in [7, 11) is 0. The number of rotatable bonds is 4. The maximum atomic E-state index is 13.7. The number of nitrogens with one attached hydrogen (secondary N) is 2. The molecular formula is C27H22F2N6O3.